The Kier molecular flexibility index (Phi) is 21.0. The van der Waals surface area contributed by atoms with Crippen LogP contribution in [0.4, 0.5) is 0 Å². The van der Waals surface area contributed by atoms with Gasteiger partial charge in [0, 0.05) is 25.2 Å². The van der Waals surface area contributed by atoms with E-state index in [9.17, 15) is 0 Å². The Bertz CT molecular complexity index is 956. The lowest BCUT2D eigenvalue weighted by Gasteiger charge is -2.65. The van der Waals surface area contributed by atoms with E-state index >= 15 is 0 Å². The number of unbranched alkanes of at least 4 members (excludes halogenated alkanes) is 10. The van der Waals surface area contributed by atoms with Crippen molar-refractivity contribution in [1.82, 2.24) is 5.32 Å². The zero-order valence-electron chi connectivity index (χ0n) is 35.6. The highest BCUT2D eigenvalue weighted by molar-refractivity contribution is 5.15. The Hall–Kier alpha value is -0.280. The van der Waals surface area contributed by atoms with Crippen molar-refractivity contribution in [3.8, 4) is 0 Å². The molecule has 11 atom stereocenters. The van der Waals surface area contributed by atoms with Crippen LogP contribution in [-0.4, -0.2) is 70.9 Å². The van der Waals surface area contributed by atoms with Crippen LogP contribution in [0.15, 0.2) is 0 Å². The summed E-state index contributed by atoms with van der Waals surface area (Å²) in [4.78, 5) is 0. The minimum atomic E-state index is 0.180. The molecule has 0 aliphatic heterocycles. The summed E-state index contributed by atoms with van der Waals surface area (Å²) in [5.41, 5.74) is 18.3. The highest BCUT2D eigenvalue weighted by Crippen LogP contribution is 2.69. The van der Waals surface area contributed by atoms with Crippen LogP contribution in [0.5, 0.6) is 0 Å². The summed E-state index contributed by atoms with van der Waals surface area (Å²) in [5.74, 6) is 3.91. The zero-order chi connectivity index (χ0) is 37.9. The molecule has 4 saturated carbocycles. The van der Waals surface area contributed by atoms with E-state index in [1.807, 2.05) is 0 Å². The van der Waals surface area contributed by atoms with Gasteiger partial charge in [0.1, 0.15) is 0 Å². The Labute approximate surface area is 328 Å². The van der Waals surface area contributed by atoms with Crippen LogP contribution in [0.25, 0.3) is 0 Å². The first-order valence-electron chi connectivity index (χ1n) is 23.5. The maximum atomic E-state index is 7.06. The van der Waals surface area contributed by atoms with Gasteiger partial charge in [0.25, 0.3) is 0 Å². The van der Waals surface area contributed by atoms with E-state index in [1.165, 1.54) is 129 Å². The van der Waals surface area contributed by atoms with Gasteiger partial charge in [-0.1, -0.05) is 91.9 Å². The molecule has 0 aromatic carbocycles. The van der Waals surface area contributed by atoms with Gasteiger partial charge in [-0.05, 0) is 157 Å². The van der Waals surface area contributed by atoms with Gasteiger partial charge in [-0.3, -0.25) is 0 Å². The van der Waals surface area contributed by atoms with E-state index in [4.69, 9.17) is 31.4 Å². The van der Waals surface area contributed by atoms with Crippen molar-refractivity contribution in [3.05, 3.63) is 0 Å². The second-order valence-electron chi connectivity index (χ2n) is 18.9. The standard InChI is InChI=1S/C46H90N4O3/c1-5-6-7-8-9-10-11-12-13-14-15-28-50-29-16-20-36(2)39-21-22-40-44-41(35-43(46(39,40)4)53-32-19-27-49)45(3)24-23-38(51-30-17-25-47)33-37(45)34-42(44)52-31-18-26-48/h36-44,50H,5-35,47-49H2,1-4H3/t36?,37-,38+,39+,40-,41-,42+,43-,44?,45-,46+/m0/s1. The first-order chi connectivity index (χ1) is 25.8. The summed E-state index contributed by atoms with van der Waals surface area (Å²) in [7, 11) is 0. The van der Waals surface area contributed by atoms with Gasteiger partial charge in [-0.15, -0.1) is 0 Å². The summed E-state index contributed by atoms with van der Waals surface area (Å²) in [5, 5.41) is 3.81. The lowest BCUT2D eigenvalue weighted by atomic mass is 9.43. The highest BCUT2D eigenvalue weighted by atomic mass is 16.5. The van der Waals surface area contributed by atoms with Gasteiger partial charge in [0.05, 0.1) is 18.3 Å². The van der Waals surface area contributed by atoms with Gasteiger partial charge in [0.2, 0.25) is 0 Å². The molecule has 0 saturated heterocycles. The Morgan fingerprint density at radius 2 is 1.25 bits per heavy atom. The van der Waals surface area contributed by atoms with Crippen LogP contribution in [0.1, 0.15) is 175 Å². The van der Waals surface area contributed by atoms with Crippen molar-refractivity contribution in [3.63, 3.8) is 0 Å². The molecule has 2 unspecified atom stereocenters. The maximum absolute atomic E-state index is 7.06. The fourth-order valence-corrected chi connectivity index (χ4v) is 12.4. The molecular weight excluding hydrogens is 657 g/mol. The second kappa shape index (κ2) is 24.5. The average molecular weight is 747 g/mol. The van der Waals surface area contributed by atoms with Crippen LogP contribution >= 0.6 is 0 Å². The molecule has 0 radical (unpaired) electrons. The van der Waals surface area contributed by atoms with Crippen LogP contribution in [0.3, 0.4) is 0 Å². The third-order valence-corrected chi connectivity index (χ3v) is 15.5. The lowest BCUT2D eigenvalue weighted by Crippen LogP contribution is -2.63. The maximum Gasteiger partial charge on any atom is 0.0637 e. The Morgan fingerprint density at radius 3 is 1.91 bits per heavy atom. The third kappa shape index (κ3) is 12.6. The van der Waals surface area contributed by atoms with E-state index in [-0.39, 0.29) is 5.41 Å². The van der Waals surface area contributed by atoms with Gasteiger partial charge >= 0.3 is 0 Å². The predicted molar refractivity (Wildman–Crippen MR) is 224 cm³/mol. The summed E-state index contributed by atoms with van der Waals surface area (Å²) < 4.78 is 20.4. The summed E-state index contributed by atoms with van der Waals surface area (Å²) >= 11 is 0. The van der Waals surface area contributed by atoms with Crippen molar-refractivity contribution >= 4 is 0 Å². The van der Waals surface area contributed by atoms with Gasteiger partial charge < -0.3 is 36.7 Å². The molecule has 0 heterocycles. The molecule has 312 valence electrons. The van der Waals surface area contributed by atoms with Crippen LogP contribution < -0.4 is 22.5 Å². The molecule has 4 aliphatic rings. The summed E-state index contributed by atoms with van der Waals surface area (Å²) in [6, 6.07) is 0. The smallest absolute Gasteiger partial charge is 0.0637 e. The van der Waals surface area contributed by atoms with Crippen molar-refractivity contribution < 1.29 is 14.2 Å². The van der Waals surface area contributed by atoms with Crippen molar-refractivity contribution in [2.75, 3.05) is 52.5 Å². The van der Waals surface area contributed by atoms with Crippen LogP contribution in [0, 0.1) is 46.3 Å². The molecule has 0 bridgehead atoms. The first kappa shape index (κ1) is 45.4. The minimum absolute atomic E-state index is 0.180. The zero-order valence-corrected chi connectivity index (χ0v) is 35.6. The SMILES string of the molecule is CCCCCCCCCCCCCNCCCC(C)[C@H]1CC[C@H]2C3[C@H](OCCCN)C[C@@H]4C[C@H](OCCCN)CC[C@]4(C)[C@H]3C[C@H](OCCCN)[C@]12C. The van der Waals surface area contributed by atoms with Gasteiger partial charge in [0.15, 0.2) is 0 Å². The molecule has 4 aliphatic carbocycles. The Balaban J connectivity index is 1.33. The highest BCUT2D eigenvalue weighted by Gasteiger charge is 2.66. The molecule has 0 aromatic rings. The average Bonchev–Trinajstić information content (AvgIpc) is 3.52. The van der Waals surface area contributed by atoms with E-state index in [1.54, 1.807) is 0 Å². The largest absolute Gasteiger partial charge is 0.378 e. The molecular formula is C46H90N4O3. The molecule has 7 heteroatoms. The fourth-order valence-electron chi connectivity index (χ4n) is 12.4. The summed E-state index contributed by atoms with van der Waals surface area (Å²) in [6.07, 6.45) is 30.5. The lowest BCUT2D eigenvalue weighted by molar-refractivity contribution is -0.227. The first-order valence-corrected chi connectivity index (χ1v) is 23.5. The monoisotopic (exact) mass is 747 g/mol. The molecule has 7 N–H and O–H groups in total. The van der Waals surface area contributed by atoms with E-state index < -0.39 is 0 Å². The molecule has 0 aromatic heterocycles. The van der Waals surface area contributed by atoms with Gasteiger partial charge in [-0.25, -0.2) is 0 Å². The van der Waals surface area contributed by atoms with Gasteiger partial charge in [-0.2, -0.15) is 0 Å². The predicted octanol–water partition coefficient (Wildman–Crippen LogP) is 9.38. The number of fused-ring (bicyclic) bond motifs is 5. The molecule has 7 nitrogen and oxygen atoms in total. The van der Waals surface area contributed by atoms with E-state index in [0.717, 1.165) is 52.0 Å². The fraction of sp³-hybridized carbons (Fsp3) is 1.00. The summed E-state index contributed by atoms with van der Waals surface area (Å²) in [6.45, 7) is 17.0. The Morgan fingerprint density at radius 1 is 0.642 bits per heavy atom. The number of hydrogen-bond acceptors (Lipinski definition) is 7. The van der Waals surface area contributed by atoms with E-state index in [2.05, 4.69) is 33.0 Å². The van der Waals surface area contributed by atoms with Crippen LogP contribution in [0.2, 0.25) is 0 Å². The molecule has 4 fully saturated rings. The number of nitrogens with two attached hydrogens (primary N) is 3. The second-order valence-corrected chi connectivity index (χ2v) is 18.9. The van der Waals surface area contributed by atoms with Crippen molar-refractivity contribution in [2.24, 2.45) is 63.5 Å². The number of ether oxygens (including phenoxy) is 3. The van der Waals surface area contributed by atoms with Crippen molar-refractivity contribution in [1.29, 1.82) is 0 Å². The number of nitrogens with one attached hydrogen (secondary N) is 1. The topological polar surface area (TPSA) is 118 Å². The normalized spacial score (nSPS) is 34.5. The minimum Gasteiger partial charge on any atom is -0.378 e. The van der Waals surface area contributed by atoms with Crippen molar-refractivity contribution in [2.45, 2.75) is 194 Å². The van der Waals surface area contributed by atoms with E-state index in [0.29, 0.717) is 78.9 Å². The quantitative estimate of drug-likeness (QED) is 0.0564. The third-order valence-electron chi connectivity index (χ3n) is 15.5. The molecule has 0 spiro atoms. The number of rotatable bonds is 29. The molecule has 4 rings (SSSR count). The number of hydrogen-bond donors (Lipinski definition) is 4. The van der Waals surface area contributed by atoms with Crippen LogP contribution in [-0.2, 0) is 14.2 Å². The molecule has 0 amide bonds. The molecule has 53 heavy (non-hydrogen) atoms.